The number of nitrogens with zero attached hydrogens (tertiary/aromatic N) is 1. The van der Waals surface area contributed by atoms with E-state index in [-0.39, 0.29) is 6.61 Å². The van der Waals surface area contributed by atoms with Crippen LogP contribution < -0.4 is 15.7 Å². The highest BCUT2D eigenvalue weighted by Crippen LogP contribution is 2.26. The Labute approximate surface area is 181 Å². The van der Waals surface area contributed by atoms with Crippen LogP contribution in [0.5, 0.6) is 5.75 Å². The van der Waals surface area contributed by atoms with Crippen molar-refractivity contribution in [2.75, 3.05) is 26.1 Å². The van der Waals surface area contributed by atoms with E-state index in [1.54, 1.807) is 26.2 Å². The van der Waals surface area contributed by atoms with Crippen molar-refractivity contribution in [3.8, 4) is 5.75 Å². The summed E-state index contributed by atoms with van der Waals surface area (Å²) in [4.78, 5) is 25.9. The molecule has 0 saturated heterocycles. The summed E-state index contributed by atoms with van der Waals surface area (Å²) in [6.45, 7) is 7.36. The number of carbonyl (C=O) groups is 1. The summed E-state index contributed by atoms with van der Waals surface area (Å²) in [5, 5.41) is 3.45. The lowest BCUT2D eigenvalue weighted by Gasteiger charge is -2.19. The first kappa shape index (κ1) is 22.4. The largest absolute Gasteiger partial charge is 0.496 e. The number of anilines is 1. The summed E-state index contributed by atoms with van der Waals surface area (Å²) < 4.78 is 15.7. The minimum atomic E-state index is -0.551. The van der Waals surface area contributed by atoms with E-state index in [4.69, 9.17) is 13.9 Å². The summed E-state index contributed by atoms with van der Waals surface area (Å²) in [6, 6.07) is 11.0. The van der Waals surface area contributed by atoms with E-state index < -0.39 is 11.7 Å². The third-order valence-corrected chi connectivity index (χ3v) is 4.97. The second-order valence-corrected chi connectivity index (χ2v) is 7.58. The van der Waals surface area contributed by atoms with Crippen molar-refractivity contribution < 1.29 is 18.7 Å². The molecule has 0 bridgehead atoms. The molecule has 7 nitrogen and oxygen atoms in total. The van der Waals surface area contributed by atoms with Crippen LogP contribution in [0.3, 0.4) is 0 Å². The molecule has 0 aliphatic carbocycles. The lowest BCUT2D eigenvalue weighted by Crippen LogP contribution is -2.19. The summed E-state index contributed by atoms with van der Waals surface area (Å²) in [5.74, 6) is 0.908. The molecule has 1 N–H and O–H groups in total. The van der Waals surface area contributed by atoms with Crippen molar-refractivity contribution >= 4 is 22.7 Å². The highest BCUT2D eigenvalue weighted by Gasteiger charge is 2.12. The molecule has 0 radical (unpaired) electrons. The van der Waals surface area contributed by atoms with Gasteiger partial charge in [-0.15, -0.1) is 0 Å². The van der Waals surface area contributed by atoms with Crippen molar-refractivity contribution in [3.05, 3.63) is 69.1 Å². The van der Waals surface area contributed by atoms with Gasteiger partial charge in [-0.1, -0.05) is 12.1 Å². The predicted molar refractivity (Wildman–Crippen MR) is 121 cm³/mol. The number of carbonyl (C=O) groups excluding carboxylic acids is 1. The molecule has 1 amide bonds. The zero-order chi connectivity index (χ0) is 22.5. The smallest absolute Gasteiger partial charge is 0.411 e. The van der Waals surface area contributed by atoms with Gasteiger partial charge in [0.25, 0.3) is 0 Å². The van der Waals surface area contributed by atoms with Crippen LogP contribution in [0.2, 0.25) is 0 Å². The molecule has 0 aliphatic heterocycles. The first-order chi connectivity index (χ1) is 14.8. The third kappa shape index (κ3) is 5.44. The van der Waals surface area contributed by atoms with Crippen molar-refractivity contribution in [3.63, 3.8) is 0 Å². The lowest BCUT2D eigenvalue weighted by molar-refractivity contribution is 0.168. The quantitative estimate of drug-likeness (QED) is 0.558. The third-order valence-electron chi connectivity index (χ3n) is 4.97. The molecule has 0 saturated carbocycles. The van der Waals surface area contributed by atoms with E-state index in [1.165, 1.54) is 11.6 Å². The summed E-state index contributed by atoms with van der Waals surface area (Å²) in [6.07, 6.45) is -0.551. The molecule has 7 heteroatoms. The van der Waals surface area contributed by atoms with Gasteiger partial charge in [0.2, 0.25) is 0 Å². The molecule has 31 heavy (non-hydrogen) atoms. The van der Waals surface area contributed by atoms with E-state index in [2.05, 4.69) is 22.3 Å². The number of benzene rings is 2. The Morgan fingerprint density at radius 2 is 1.81 bits per heavy atom. The first-order valence-electron chi connectivity index (χ1n) is 10.1. The fraction of sp³-hybridized carbons (Fsp3) is 0.333. The van der Waals surface area contributed by atoms with E-state index >= 15 is 0 Å². The highest BCUT2D eigenvalue weighted by atomic mass is 16.5. The monoisotopic (exact) mass is 424 g/mol. The molecule has 0 spiro atoms. The highest BCUT2D eigenvalue weighted by molar-refractivity contribution is 5.89. The molecule has 3 aromatic rings. The molecule has 2 aromatic carbocycles. The van der Waals surface area contributed by atoms with E-state index in [1.807, 2.05) is 27.0 Å². The number of methoxy groups -OCH3 is 1. The van der Waals surface area contributed by atoms with Gasteiger partial charge in [-0.3, -0.25) is 10.2 Å². The standard InChI is InChI=1S/C24H28N2O5/c1-6-30-24(28)25-19-7-8-20-18(11-22(27)31-21(20)12-19)14-26(4)13-17-9-15(2)23(29-5)16(3)10-17/h7-12H,6,13-14H2,1-5H3,(H,25,28). The number of hydrogen-bond acceptors (Lipinski definition) is 6. The van der Waals surface area contributed by atoms with Crippen molar-refractivity contribution in [2.24, 2.45) is 0 Å². The molecule has 1 aromatic heterocycles. The van der Waals surface area contributed by atoms with Gasteiger partial charge < -0.3 is 13.9 Å². The van der Waals surface area contributed by atoms with Gasteiger partial charge in [0.05, 0.1) is 13.7 Å². The molecule has 0 aliphatic rings. The molecule has 0 atom stereocenters. The normalized spacial score (nSPS) is 11.0. The number of nitrogens with one attached hydrogen (secondary N) is 1. The number of rotatable bonds is 7. The minimum absolute atomic E-state index is 0.276. The van der Waals surface area contributed by atoms with Crippen LogP contribution in [-0.2, 0) is 17.8 Å². The number of ether oxygens (including phenoxy) is 2. The molecule has 0 fully saturated rings. The van der Waals surface area contributed by atoms with Crippen molar-refractivity contribution in [1.29, 1.82) is 0 Å². The molecule has 3 rings (SSSR count). The SMILES string of the molecule is CCOC(=O)Nc1ccc2c(CN(C)Cc3cc(C)c(OC)c(C)c3)cc(=O)oc2c1. The fourth-order valence-corrected chi connectivity index (χ4v) is 3.84. The average molecular weight is 424 g/mol. The maximum absolute atomic E-state index is 12.1. The van der Waals surface area contributed by atoms with E-state index in [9.17, 15) is 9.59 Å². The fourth-order valence-electron chi connectivity index (χ4n) is 3.84. The topological polar surface area (TPSA) is 81.0 Å². The Bertz CT molecular complexity index is 1130. The van der Waals surface area contributed by atoms with Gasteiger partial charge in [-0.2, -0.15) is 0 Å². The zero-order valence-corrected chi connectivity index (χ0v) is 18.6. The number of hydrogen-bond donors (Lipinski definition) is 1. The van der Waals surface area contributed by atoms with Gasteiger partial charge in [0, 0.05) is 36.3 Å². The summed E-state index contributed by atoms with van der Waals surface area (Å²) in [7, 11) is 3.69. The first-order valence-corrected chi connectivity index (χ1v) is 10.1. The molecular formula is C24H28N2O5. The summed E-state index contributed by atoms with van der Waals surface area (Å²) >= 11 is 0. The maximum Gasteiger partial charge on any atom is 0.411 e. The molecule has 1 heterocycles. The van der Waals surface area contributed by atoms with Gasteiger partial charge in [0.15, 0.2) is 0 Å². The van der Waals surface area contributed by atoms with E-state index in [0.717, 1.165) is 34.4 Å². The van der Waals surface area contributed by atoms with Crippen LogP contribution in [0.4, 0.5) is 10.5 Å². The number of amides is 1. The Morgan fingerprint density at radius 1 is 1.10 bits per heavy atom. The second-order valence-electron chi connectivity index (χ2n) is 7.58. The minimum Gasteiger partial charge on any atom is -0.496 e. The van der Waals surface area contributed by atoms with Gasteiger partial charge in [0.1, 0.15) is 11.3 Å². The average Bonchev–Trinajstić information content (AvgIpc) is 2.67. The van der Waals surface area contributed by atoms with Crippen molar-refractivity contribution in [2.45, 2.75) is 33.9 Å². The van der Waals surface area contributed by atoms with Gasteiger partial charge in [-0.25, -0.2) is 9.59 Å². The van der Waals surface area contributed by atoms with Crippen LogP contribution in [0.1, 0.15) is 29.2 Å². The molecule has 0 unspecified atom stereocenters. The summed E-state index contributed by atoms with van der Waals surface area (Å²) in [5.41, 5.74) is 4.71. The lowest BCUT2D eigenvalue weighted by atomic mass is 10.0. The number of aryl methyl sites for hydroxylation is 2. The van der Waals surface area contributed by atoms with Gasteiger partial charge >= 0.3 is 11.7 Å². The van der Waals surface area contributed by atoms with Gasteiger partial charge in [-0.05, 0) is 62.2 Å². The van der Waals surface area contributed by atoms with E-state index in [0.29, 0.717) is 17.8 Å². The Balaban J connectivity index is 1.82. The van der Waals surface area contributed by atoms with Crippen LogP contribution in [0.15, 0.2) is 45.6 Å². The molecular weight excluding hydrogens is 396 g/mol. The maximum atomic E-state index is 12.1. The van der Waals surface area contributed by atoms with Crippen LogP contribution in [0.25, 0.3) is 11.0 Å². The Morgan fingerprint density at radius 3 is 2.45 bits per heavy atom. The Kier molecular flexibility index (Phi) is 6.97. The van der Waals surface area contributed by atoms with Crippen LogP contribution >= 0.6 is 0 Å². The Hall–Kier alpha value is -3.32. The zero-order valence-electron chi connectivity index (χ0n) is 18.6. The predicted octanol–water partition coefficient (Wildman–Crippen LogP) is 4.62. The second kappa shape index (κ2) is 9.66. The van der Waals surface area contributed by atoms with Crippen molar-refractivity contribution in [1.82, 2.24) is 4.90 Å². The van der Waals surface area contributed by atoms with Crippen LogP contribution in [-0.4, -0.2) is 31.8 Å². The number of fused-ring (bicyclic) bond motifs is 1. The molecule has 164 valence electrons. The van der Waals surface area contributed by atoms with Crippen LogP contribution in [0, 0.1) is 13.8 Å².